The van der Waals surface area contributed by atoms with Crippen LogP contribution >= 0.6 is 0 Å². The lowest BCUT2D eigenvalue weighted by Crippen LogP contribution is -2.56. The molecule has 0 radical (unpaired) electrons. The summed E-state index contributed by atoms with van der Waals surface area (Å²) in [7, 11) is 0. The van der Waals surface area contributed by atoms with Gasteiger partial charge in [-0.1, -0.05) is 0 Å². The minimum Gasteiger partial charge on any atom is -0.478 e. The molecule has 112 valence electrons. The van der Waals surface area contributed by atoms with Crippen molar-refractivity contribution >= 4 is 17.8 Å². The van der Waals surface area contributed by atoms with E-state index >= 15 is 0 Å². The molecule has 1 saturated heterocycles. The van der Waals surface area contributed by atoms with Crippen molar-refractivity contribution in [2.75, 3.05) is 13.1 Å². The number of nitrogens with zero attached hydrogens (tertiary/aromatic N) is 4. The molecule has 0 aliphatic carbocycles. The van der Waals surface area contributed by atoms with Gasteiger partial charge in [-0.2, -0.15) is 0 Å². The summed E-state index contributed by atoms with van der Waals surface area (Å²) < 4.78 is 0. The van der Waals surface area contributed by atoms with Crippen LogP contribution in [0.25, 0.3) is 0 Å². The third-order valence-corrected chi connectivity index (χ3v) is 3.33. The highest BCUT2D eigenvalue weighted by atomic mass is 16.4. The van der Waals surface area contributed by atoms with E-state index in [1.54, 1.807) is 0 Å². The Morgan fingerprint density at radius 1 is 1.33 bits per heavy atom. The van der Waals surface area contributed by atoms with Gasteiger partial charge in [0.05, 0.1) is 12.2 Å². The van der Waals surface area contributed by atoms with E-state index in [4.69, 9.17) is 5.11 Å². The molecule has 0 spiro atoms. The van der Waals surface area contributed by atoms with Gasteiger partial charge in [0.2, 0.25) is 0 Å². The number of carbonyl (C=O) groups excluding carboxylic acids is 2. The fourth-order valence-electron chi connectivity index (χ4n) is 2.17. The Morgan fingerprint density at radius 2 is 2.05 bits per heavy atom. The van der Waals surface area contributed by atoms with Crippen molar-refractivity contribution in [2.24, 2.45) is 0 Å². The molecular formula is C13H16N4O4. The van der Waals surface area contributed by atoms with Crippen molar-refractivity contribution in [1.82, 2.24) is 19.8 Å². The molecule has 2 rings (SSSR count). The van der Waals surface area contributed by atoms with Crippen molar-refractivity contribution in [3.63, 3.8) is 0 Å². The van der Waals surface area contributed by atoms with Crippen LogP contribution < -0.4 is 0 Å². The summed E-state index contributed by atoms with van der Waals surface area (Å²) in [5.41, 5.74) is 0.153. The van der Waals surface area contributed by atoms with E-state index in [-0.39, 0.29) is 23.8 Å². The Balaban J connectivity index is 2.17. The Morgan fingerprint density at radius 3 is 2.67 bits per heavy atom. The lowest BCUT2D eigenvalue weighted by atomic mass is 10.2. The second-order valence-electron chi connectivity index (χ2n) is 5.01. The van der Waals surface area contributed by atoms with Gasteiger partial charge in [-0.3, -0.25) is 9.59 Å². The topological polar surface area (TPSA) is 104 Å². The first kappa shape index (κ1) is 14.9. The smallest absolute Gasteiger partial charge is 0.339 e. The fourth-order valence-corrected chi connectivity index (χ4v) is 2.17. The Bertz CT molecular complexity index is 587. The third-order valence-electron chi connectivity index (χ3n) is 3.33. The average Bonchev–Trinajstić information content (AvgIpc) is 2.44. The van der Waals surface area contributed by atoms with Crippen LogP contribution in [0.4, 0.5) is 0 Å². The van der Waals surface area contributed by atoms with Crippen molar-refractivity contribution < 1.29 is 19.5 Å². The summed E-state index contributed by atoms with van der Waals surface area (Å²) in [4.78, 5) is 45.5. The lowest BCUT2D eigenvalue weighted by Gasteiger charge is -2.35. The highest BCUT2D eigenvalue weighted by molar-refractivity contribution is 6.35. The van der Waals surface area contributed by atoms with Gasteiger partial charge < -0.3 is 14.9 Å². The Labute approximate surface area is 121 Å². The number of carboxylic acids is 1. The van der Waals surface area contributed by atoms with Crippen LogP contribution in [0.5, 0.6) is 0 Å². The number of hydrogen-bond donors (Lipinski definition) is 1. The van der Waals surface area contributed by atoms with E-state index < -0.39 is 17.8 Å². The fraction of sp³-hybridized carbons (Fsp3) is 0.462. The molecule has 0 atom stereocenters. The first-order chi connectivity index (χ1) is 9.91. The molecule has 0 unspecified atom stereocenters. The van der Waals surface area contributed by atoms with Crippen LogP contribution in [0.2, 0.25) is 0 Å². The van der Waals surface area contributed by atoms with E-state index in [0.29, 0.717) is 13.1 Å². The maximum absolute atomic E-state index is 12.1. The first-order valence-corrected chi connectivity index (χ1v) is 6.54. The summed E-state index contributed by atoms with van der Waals surface area (Å²) in [6.45, 7) is 4.45. The highest BCUT2D eigenvalue weighted by Crippen LogP contribution is 2.13. The molecule has 21 heavy (non-hydrogen) atoms. The van der Waals surface area contributed by atoms with Gasteiger partial charge in [-0.25, -0.2) is 14.8 Å². The van der Waals surface area contributed by atoms with Gasteiger partial charge >= 0.3 is 17.8 Å². The van der Waals surface area contributed by atoms with Gasteiger partial charge in [0.25, 0.3) is 0 Å². The lowest BCUT2D eigenvalue weighted by molar-refractivity contribution is -0.157. The SMILES string of the molecule is CC(C)N1CCN(Cc2ncncc2C(=O)O)C(=O)C1=O. The molecule has 1 fully saturated rings. The zero-order valence-electron chi connectivity index (χ0n) is 11.8. The van der Waals surface area contributed by atoms with Gasteiger partial charge in [0, 0.05) is 25.3 Å². The molecule has 2 amide bonds. The van der Waals surface area contributed by atoms with Crippen molar-refractivity contribution in [2.45, 2.75) is 26.4 Å². The number of rotatable bonds is 4. The van der Waals surface area contributed by atoms with Crippen molar-refractivity contribution in [3.8, 4) is 0 Å². The number of carboxylic acid groups (broad SMARTS) is 1. The number of hydrogen-bond acceptors (Lipinski definition) is 5. The quantitative estimate of drug-likeness (QED) is 0.768. The number of aromatic carboxylic acids is 1. The zero-order valence-corrected chi connectivity index (χ0v) is 11.8. The van der Waals surface area contributed by atoms with Crippen LogP contribution in [0.1, 0.15) is 29.9 Å². The maximum Gasteiger partial charge on any atom is 0.339 e. The van der Waals surface area contributed by atoms with Crippen molar-refractivity contribution in [1.29, 1.82) is 0 Å². The molecule has 0 saturated carbocycles. The Hall–Kier alpha value is -2.51. The van der Waals surface area contributed by atoms with Crippen molar-refractivity contribution in [3.05, 3.63) is 23.8 Å². The molecule has 0 bridgehead atoms. The number of amides is 2. The molecule has 1 aliphatic rings. The van der Waals surface area contributed by atoms with Crippen LogP contribution in [0.3, 0.4) is 0 Å². The maximum atomic E-state index is 12.1. The Kier molecular flexibility index (Phi) is 4.15. The van der Waals surface area contributed by atoms with Crippen LogP contribution in [-0.2, 0) is 16.1 Å². The molecule has 1 N–H and O–H groups in total. The highest BCUT2D eigenvalue weighted by Gasteiger charge is 2.34. The summed E-state index contributed by atoms with van der Waals surface area (Å²) in [5, 5.41) is 9.07. The summed E-state index contributed by atoms with van der Waals surface area (Å²) in [5.74, 6) is -2.36. The van der Waals surface area contributed by atoms with E-state index in [9.17, 15) is 14.4 Å². The third kappa shape index (κ3) is 2.99. The van der Waals surface area contributed by atoms with Gasteiger partial charge in [0.1, 0.15) is 11.9 Å². The van der Waals surface area contributed by atoms with Gasteiger partial charge in [-0.05, 0) is 13.8 Å². The van der Waals surface area contributed by atoms with E-state index in [0.717, 1.165) is 0 Å². The molecule has 1 aromatic heterocycles. The van der Waals surface area contributed by atoms with E-state index in [1.807, 2.05) is 13.8 Å². The van der Waals surface area contributed by atoms with E-state index in [2.05, 4.69) is 9.97 Å². The predicted molar refractivity (Wildman–Crippen MR) is 71.3 cm³/mol. The standard InChI is InChI=1S/C13H16N4O4/c1-8(2)17-4-3-16(11(18)12(17)19)6-10-9(13(20)21)5-14-7-15-10/h5,7-8H,3-4,6H2,1-2H3,(H,20,21). The van der Waals surface area contributed by atoms with Crippen LogP contribution in [0, 0.1) is 0 Å². The molecule has 1 aliphatic heterocycles. The molecule has 1 aromatic rings. The number of piperazine rings is 1. The minimum absolute atomic E-state index is 0.0132. The first-order valence-electron chi connectivity index (χ1n) is 6.54. The second kappa shape index (κ2) is 5.86. The normalized spacial score (nSPS) is 15.8. The number of carbonyl (C=O) groups is 3. The molecule has 2 heterocycles. The van der Waals surface area contributed by atoms with Crippen LogP contribution in [0.15, 0.2) is 12.5 Å². The monoisotopic (exact) mass is 292 g/mol. The predicted octanol–water partition coefficient (Wildman–Crippen LogP) is -0.246. The molecule has 0 aromatic carbocycles. The summed E-state index contributed by atoms with van der Waals surface area (Å²) in [6, 6.07) is -0.0442. The molecule has 8 heteroatoms. The zero-order chi connectivity index (χ0) is 15.6. The average molecular weight is 292 g/mol. The minimum atomic E-state index is -1.16. The largest absolute Gasteiger partial charge is 0.478 e. The second-order valence-corrected chi connectivity index (χ2v) is 5.01. The van der Waals surface area contributed by atoms with Gasteiger partial charge in [0.15, 0.2) is 0 Å². The van der Waals surface area contributed by atoms with E-state index in [1.165, 1.54) is 22.3 Å². The van der Waals surface area contributed by atoms with Crippen LogP contribution in [-0.4, -0.2) is 61.8 Å². The summed E-state index contributed by atoms with van der Waals surface area (Å²) >= 11 is 0. The summed E-state index contributed by atoms with van der Waals surface area (Å²) in [6.07, 6.45) is 2.40. The van der Waals surface area contributed by atoms with Gasteiger partial charge in [-0.15, -0.1) is 0 Å². The number of aromatic nitrogens is 2. The molecule has 8 nitrogen and oxygen atoms in total. The molecular weight excluding hydrogens is 276 g/mol.